The van der Waals surface area contributed by atoms with Crippen molar-refractivity contribution in [2.24, 2.45) is 0 Å². The first kappa shape index (κ1) is 12.0. The van der Waals surface area contributed by atoms with Crippen LogP contribution in [0.25, 0.3) is 0 Å². The van der Waals surface area contributed by atoms with Crippen molar-refractivity contribution in [1.29, 1.82) is 5.26 Å². The largest absolute Gasteiger partial charge is 0.506 e. The van der Waals surface area contributed by atoms with Crippen LogP contribution in [-0.2, 0) is 0 Å². The first-order valence-electron chi connectivity index (χ1n) is 4.98. The molecule has 1 heterocycles. The van der Waals surface area contributed by atoms with E-state index < -0.39 is 0 Å². The molecule has 0 saturated heterocycles. The summed E-state index contributed by atoms with van der Waals surface area (Å²) < 4.78 is 0. The number of nitriles is 1. The zero-order valence-corrected chi connectivity index (χ0v) is 9.82. The van der Waals surface area contributed by atoms with Crippen molar-refractivity contribution >= 4 is 23.2 Å². The summed E-state index contributed by atoms with van der Waals surface area (Å²) in [6.07, 6.45) is 1.44. The number of benzene rings is 1. The van der Waals surface area contributed by atoms with Crippen LogP contribution in [0, 0.1) is 11.3 Å². The molecule has 0 unspecified atom stereocenters. The van der Waals surface area contributed by atoms with Gasteiger partial charge in [0.25, 0.3) is 5.91 Å². The number of carbonyl (C=O) groups excluding carboxylic acids is 1. The molecule has 90 valence electrons. The number of halogens is 1. The number of aromatic hydroxyl groups is 1. The highest BCUT2D eigenvalue weighted by atomic mass is 35.5. The van der Waals surface area contributed by atoms with E-state index in [1.54, 1.807) is 0 Å². The van der Waals surface area contributed by atoms with E-state index in [2.05, 4.69) is 10.3 Å². The van der Waals surface area contributed by atoms with Gasteiger partial charge in [-0.3, -0.25) is 4.79 Å². The molecular formula is C12H8ClN3O2. The SMILES string of the molecule is N#Cc1cc(C(=O)Nc2ccc(O)c(Cl)c2)c[nH]1. The number of H-pyrrole nitrogens is 1. The van der Waals surface area contributed by atoms with Crippen molar-refractivity contribution in [2.45, 2.75) is 0 Å². The molecule has 18 heavy (non-hydrogen) atoms. The Kier molecular flexibility index (Phi) is 3.22. The standard InChI is InChI=1S/C12H8ClN3O2/c13-10-4-8(1-2-11(10)17)16-12(18)7-3-9(5-14)15-6-7/h1-4,6,15,17H,(H,16,18). The van der Waals surface area contributed by atoms with Gasteiger partial charge in [-0.2, -0.15) is 5.26 Å². The number of rotatable bonds is 2. The Hall–Kier alpha value is -2.45. The molecule has 0 radical (unpaired) electrons. The van der Waals surface area contributed by atoms with Gasteiger partial charge in [-0.05, 0) is 24.3 Å². The van der Waals surface area contributed by atoms with Crippen LogP contribution in [0.2, 0.25) is 5.02 Å². The molecule has 0 aliphatic carbocycles. The maximum Gasteiger partial charge on any atom is 0.257 e. The van der Waals surface area contributed by atoms with Crippen LogP contribution in [0.1, 0.15) is 16.1 Å². The molecule has 1 aromatic heterocycles. The van der Waals surface area contributed by atoms with E-state index in [0.717, 1.165) is 0 Å². The van der Waals surface area contributed by atoms with E-state index in [0.29, 0.717) is 16.9 Å². The van der Waals surface area contributed by atoms with Gasteiger partial charge in [0.2, 0.25) is 0 Å². The maximum atomic E-state index is 11.8. The summed E-state index contributed by atoms with van der Waals surface area (Å²) in [6, 6.07) is 7.68. The molecule has 0 spiro atoms. The molecule has 0 saturated carbocycles. The van der Waals surface area contributed by atoms with Gasteiger partial charge in [0.1, 0.15) is 17.5 Å². The topological polar surface area (TPSA) is 88.9 Å². The predicted octanol–water partition coefficient (Wildman–Crippen LogP) is 2.50. The van der Waals surface area contributed by atoms with Crippen molar-refractivity contribution < 1.29 is 9.90 Å². The van der Waals surface area contributed by atoms with Gasteiger partial charge in [-0.25, -0.2) is 0 Å². The number of phenolic OH excluding ortho intramolecular Hbond substituents is 1. The van der Waals surface area contributed by atoms with Crippen LogP contribution in [-0.4, -0.2) is 16.0 Å². The van der Waals surface area contributed by atoms with E-state index in [4.69, 9.17) is 16.9 Å². The number of aromatic nitrogens is 1. The van der Waals surface area contributed by atoms with Crippen molar-refractivity contribution in [3.05, 3.63) is 46.7 Å². The smallest absolute Gasteiger partial charge is 0.257 e. The number of carbonyl (C=O) groups is 1. The Labute approximate surface area is 108 Å². The van der Waals surface area contributed by atoms with Gasteiger partial charge in [0.15, 0.2) is 0 Å². The normalized spacial score (nSPS) is 9.78. The average Bonchev–Trinajstić information content (AvgIpc) is 2.82. The van der Waals surface area contributed by atoms with Crippen LogP contribution in [0.3, 0.4) is 0 Å². The number of hydrogen-bond donors (Lipinski definition) is 3. The number of nitrogens with one attached hydrogen (secondary N) is 2. The molecule has 1 aromatic carbocycles. The summed E-state index contributed by atoms with van der Waals surface area (Å²) in [5.41, 5.74) is 1.11. The minimum Gasteiger partial charge on any atom is -0.506 e. The van der Waals surface area contributed by atoms with Gasteiger partial charge in [-0.1, -0.05) is 11.6 Å². The Bertz CT molecular complexity index is 643. The molecule has 2 aromatic rings. The fourth-order valence-corrected chi connectivity index (χ4v) is 1.56. The zero-order valence-electron chi connectivity index (χ0n) is 9.07. The second-order valence-electron chi connectivity index (χ2n) is 3.53. The summed E-state index contributed by atoms with van der Waals surface area (Å²) in [5.74, 6) is -0.419. The van der Waals surface area contributed by atoms with Gasteiger partial charge < -0.3 is 15.4 Å². The first-order chi connectivity index (χ1) is 8.60. The van der Waals surface area contributed by atoms with E-state index >= 15 is 0 Å². The van der Waals surface area contributed by atoms with Crippen molar-refractivity contribution in [2.75, 3.05) is 5.32 Å². The lowest BCUT2D eigenvalue weighted by atomic mass is 10.2. The third-order valence-corrected chi connectivity index (χ3v) is 2.57. The summed E-state index contributed by atoms with van der Waals surface area (Å²) in [7, 11) is 0. The minimum absolute atomic E-state index is 0.0527. The summed E-state index contributed by atoms with van der Waals surface area (Å²) in [4.78, 5) is 14.4. The van der Waals surface area contributed by atoms with Gasteiger partial charge >= 0.3 is 0 Å². The van der Waals surface area contributed by atoms with Gasteiger partial charge in [0.05, 0.1) is 10.6 Å². The Morgan fingerprint density at radius 2 is 2.22 bits per heavy atom. The number of amides is 1. The van der Waals surface area contributed by atoms with Crippen LogP contribution in [0.5, 0.6) is 5.75 Å². The lowest BCUT2D eigenvalue weighted by Gasteiger charge is -2.04. The summed E-state index contributed by atoms with van der Waals surface area (Å²) >= 11 is 5.72. The summed E-state index contributed by atoms with van der Waals surface area (Å²) in [5, 5.41) is 20.6. The van der Waals surface area contributed by atoms with Crippen molar-refractivity contribution in [3.63, 3.8) is 0 Å². The monoisotopic (exact) mass is 261 g/mol. The van der Waals surface area contributed by atoms with Crippen LogP contribution in [0.15, 0.2) is 30.5 Å². The molecule has 3 N–H and O–H groups in total. The molecule has 2 rings (SSSR count). The molecule has 0 aliphatic heterocycles. The number of phenols is 1. The van der Waals surface area contributed by atoms with Gasteiger partial charge in [-0.15, -0.1) is 0 Å². The first-order valence-corrected chi connectivity index (χ1v) is 5.36. The Morgan fingerprint density at radius 1 is 1.44 bits per heavy atom. The third kappa shape index (κ3) is 2.44. The maximum absolute atomic E-state index is 11.8. The van der Waals surface area contributed by atoms with Crippen LogP contribution < -0.4 is 5.32 Å². The van der Waals surface area contributed by atoms with E-state index in [1.807, 2.05) is 6.07 Å². The number of hydrogen-bond acceptors (Lipinski definition) is 3. The molecule has 0 bridgehead atoms. The molecule has 6 heteroatoms. The van der Waals surface area contributed by atoms with E-state index in [1.165, 1.54) is 30.5 Å². The number of aromatic amines is 1. The highest BCUT2D eigenvalue weighted by molar-refractivity contribution is 6.32. The average molecular weight is 262 g/mol. The molecule has 1 amide bonds. The fourth-order valence-electron chi connectivity index (χ4n) is 1.38. The highest BCUT2D eigenvalue weighted by Gasteiger charge is 2.09. The number of nitrogens with zero attached hydrogens (tertiary/aromatic N) is 1. The fraction of sp³-hybridized carbons (Fsp3) is 0. The molecule has 5 nitrogen and oxygen atoms in total. The second kappa shape index (κ2) is 4.82. The molecule has 0 fully saturated rings. The Balaban J connectivity index is 2.16. The van der Waals surface area contributed by atoms with Crippen LogP contribution >= 0.6 is 11.6 Å². The number of anilines is 1. The zero-order chi connectivity index (χ0) is 13.1. The van der Waals surface area contributed by atoms with Crippen LogP contribution in [0.4, 0.5) is 5.69 Å². The molecular weight excluding hydrogens is 254 g/mol. The van der Waals surface area contributed by atoms with Gasteiger partial charge in [0, 0.05) is 11.9 Å². The highest BCUT2D eigenvalue weighted by Crippen LogP contribution is 2.26. The lowest BCUT2D eigenvalue weighted by Crippen LogP contribution is -2.10. The van der Waals surface area contributed by atoms with E-state index in [9.17, 15) is 9.90 Å². The molecule has 0 aliphatic rings. The lowest BCUT2D eigenvalue weighted by molar-refractivity contribution is 0.102. The molecule has 0 atom stereocenters. The Morgan fingerprint density at radius 3 is 2.83 bits per heavy atom. The minimum atomic E-state index is -0.366. The van der Waals surface area contributed by atoms with E-state index in [-0.39, 0.29) is 16.7 Å². The summed E-state index contributed by atoms with van der Waals surface area (Å²) in [6.45, 7) is 0. The predicted molar refractivity (Wildman–Crippen MR) is 66.6 cm³/mol. The third-order valence-electron chi connectivity index (χ3n) is 2.27. The van der Waals surface area contributed by atoms with Crippen molar-refractivity contribution in [1.82, 2.24) is 4.98 Å². The quantitative estimate of drug-likeness (QED) is 0.726. The van der Waals surface area contributed by atoms with Crippen molar-refractivity contribution in [3.8, 4) is 11.8 Å². The second-order valence-corrected chi connectivity index (χ2v) is 3.94.